The molecule has 0 saturated carbocycles. The summed E-state index contributed by atoms with van der Waals surface area (Å²) in [5, 5.41) is 10.3. The van der Waals surface area contributed by atoms with Gasteiger partial charge in [-0.15, -0.1) is 0 Å². The van der Waals surface area contributed by atoms with Crippen LogP contribution in [-0.4, -0.2) is 64.8 Å². The molecule has 0 aliphatic carbocycles. The van der Waals surface area contributed by atoms with Crippen molar-refractivity contribution in [3.63, 3.8) is 0 Å². The zero-order chi connectivity index (χ0) is 26.4. The van der Waals surface area contributed by atoms with Crippen LogP contribution in [0.25, 0.3) is 22.4 Å². The predicted molar refractivity (Wildman–Crippen MR) is 119 cm³/mol. The summed E-state index contributed by atoms with van der Waals surface area (Å²) in [5.74, 6) is -1.39. The van der Waals surface area contributed by atoms with Crippen LogP contribution in [0.3, 0.4) is 0 Å². The van der Waals surface area contributed by atoms with Crippen molar-refractivity contribution in [1.29, 1.82) is 0 Å². The highest BCUT2D eigenvalue weighted by molar-refractivity contribution is 5.99. The normalized spacial score (nSPS) is 18.9. The number of β-amino-alcohol motifs (C(OH)–C–C–N with tert-alkyl or cyclic N) is 1. The lowest BCUT2D eigenvalue weighted by Crippen LogP contribution is -2.41. The summed E-state index contributed by atoms with van der Waals surface area (Å²) in [6.45, 7) is 1.43. The summed E-state index contributed by atoms with van der Waals surface area (Å²) in [6, 6.07) is 3.13. The number of ether oxygens (including phenoxy) is 2. The van der Waals surface area contributed by atoms with Gasteiger partial charge in [0.1, 0.15) is 23.0 Å². The van der Waals surface area contributed by atoms with Crippen molar-refractivity contribution in [2.75, 3.05) is 20.8 Å². The molecule has 2 aromatic heterocycles. The van der Waals surface area contributed by atoms with E-state index in [4.69, 9.17) is 19.6 Å². The van der Waals surface area contributed by atoms with Gasteiger partial charge in [-0.2, -0.15) is 13.2 Å². The Morgan fingerprint density at radius 1 is 1.22 bits per heavy atom. The van der Waals surface area contributed by atoms with Gasteiger partial charge >= 0.3 is 12.1 Å². The molecular formula is C23H23F3N4O6. The van der Waals surface area contributed by atoms with Gasteiger partial charge in [0.25, 0.3) is 5.91 Å². The van der Waals surface area contributed by atoms with Gasteiger partial charge in [-0.25, -0.2) is 14.8 Å². The van der Waals surface area contributed by atoms with Gasteiger partial charge in [-0.1, -0.05) is 0 Å². The van der Waals surface area contributed by atoms with Crippen molar-refractivity contribution >= 4 is 22.8 Å². The minimum atomic E-state index is -4.67. The van der Waals surface area contributed by atoms with E-state index in [0.717, 1.165) is 11.0 Å². The standard InChI is InChI=1S/C23H23F3N4O6/c1-10(27)19-18(21(32)30-9-11(31)8-14(30)22(33)35-3)29-20(36-19)13-4-6-15(34-2)17-12(13)5-7-16(28-17)23(24,25)26/h4-7,10-11,14,31H,8-9,27H2,1-3H3/t10-,11+,14-/m0/s1. The average molecular weight is 508 g/mol. The number of nitrogens with zero attached hydrogens (tertiary/aromatic N) is 3. The number of oxazole rings is 1. The molecule has 1 fully saturated rings. The van der Waals surface area contributed by atoms with Crippen LogP contribution in [0.4, 0.5) is 13.2 Å². The number of hydrogen-bond acceptors (Lipinski definition) is 9. The number of halogens is 3. The largest absolute Gasteiger partial charge is 0.494 e. The van der Waals surface area contributed by atoms with E-state index in [1.165, 1.54) is 32.4 Å². The number of alkyl halides is 3. The lowest BCUT2D eigenvalue weighted by atomic mass is 10.1. The summed E-state index contributed by atoms with van der Waals surface area (Å²) in [5.41, 5.74) is 4.89. The Bertz CT molecular complexity index is 1320. The third-order valence-electron chi connectivity index (χ3n) is 5.84. The minimum Gasteiger partial charge on any atom is -0.494 e. The van der Waals surface area contributed by atoms with Gasteiger partial charge < -0.3 is 29.6 Å². The summed E-state index contributed by atoms with van der Waals surface area (Å²) >= 11 is 0. The Labute approximate surface area is 202 Å². The molecule has 3 heterocycles. The number of benzene rings is 1. The molecule has 1 saturated heterocycles. The van der Waals surface area contributed by atoms with E-state index in [1.54, 1.807) is 6.92 Å². The van der Waals surface area contributed by atoms with Crippen LogP contribution in [-0.2, 0) is 15.7 Å². The highest BCUT2D eigenvalue weighted by Crippen LogP contribution is 2.38. The third kappa shape index (κ3) is 4.46. The van der Waals surface area contributed by atoms with Crippen molar-refractivity contribution in [3.8, 4) is 17.2 Å². The third-order valence-corrected chi connectivity index (χ3v) is 5.84. The van der Waals surface area contributed by atoms with Crippen molar-refractivity contribution < 1.29 is 41.8 Å². The monoisotopic (exact) mass is 508 g/mol. The number of hydrogen-bond donors (Lipinski definition) is 2. The van der Waals surface area contributed by atoms with Crippen molar-refractivity contribution in [2.24, 2.45) is 5.73 Å². The molecule has 1 aromatic carbocycles. The van der Waals surface area contributed by atoms with Crippen LogP contribution in [0.5, 0.6) is 5.75 Å². The number of methoxy groups -OCH3 is 2. The van der Waals surface area contributed by atoms with E-state index >= 15 is 0 Å². The number of amides is 1. The molecule has 1 aliphatic heterocycles. The van der Waals surface area contributed by atoms with Crippen LogP contribution in [0, 0.1) is 0 Å². The lowest BCUT2D eigenvalue weighted by molar-refractivity contribution is -0.145. The van der Waals surface area contributed by atoms with E-state index in [2.05, 4.69) is 9.97 Å². The second-order valence-electron chi connectivity index (χ2n) is 8.31. The average Bonchev–Trinajstić information content (AvgIpc) is 3.46. The van der Waals surface area contributed by atoms with E-state index in [9.17, 15) is 27.9 Å². The van der Waals surface area contributed by atoms with Crippen LogP contribution in [0.1, 0.15) is 41.3 Å². The molecule has 3 aromatic rings. The SMILES string of the molecule is COC(=O)[C@@H]1C[C@@H](O)CN1C(=O)c1nc(-c2ccc(OC)c3nc(C(F)(F)F)ccc23)oc1[C@H](C)N. The van der Waals surface area contributed by atoms with E-state index in [0.29, 0.717) is 0 Å². The molecule has 192 valence electrons. The highest BCUT2D eigenvalue weighted by atomic mass is 19.4. The number of carbonyl (C=O) groups is 2. The smallest absolute Gasteiger partial charge is 0.433 e. The first-order valence-corrected chi connectivity index (χ1v) is 10.8. The molecule has 0 radical (unpaired) electrons. The summed E-state index contributed by atoms with van der Waals surface area (Å²) in [6.07, 6.45) is -5.62. The zero-order valence-electron chi connectivity index (χ0n) is 19.5. The summed E-state index contributed by atoms with van der Waals surface area (Å²) in [7, 11) is 2.47. The van der Waals surface area contributed by atoms with Crippen molar-refractivity contribution in [2.45, 2.75) is 37.7 Å². The number of aliphatic hydroxyl groups excluding tert-OH is 1. The second-order valence-corrected chi connectivity index (χ2v) is 8.31. The number of fused-ring (bicyclic) bond motifs is 1. The van der Waals surface area contributed by atoms with Gasteiger partial charge in [0.05, 0.1) is 26.4 Å². The molecule has 10 nitrogen and oxygen atoms in total. The predicted octanol–water partition coefficient (Wildman–Crippen LogP) is 2.69. The fraction of sp³-hybridized carbons (Fsp3) is 0.391. The van der Waals surface area contributed by atoms with E-state index in [1.807, 2.05) is 0 Å². The molecular weight excluding hydrogens is 485 g/mol. The number of esters is 1. The maximum absolute atomic E-state index is 13.4. The molecule has 36 heavy (non-hydrogen) atoms. The molecule has 4 rings (SSSR count). The summed E-state index contributed by atoms with van der Waals surface area (Å²) in [4.78, 5) is 34.7. The first-order valence-electron chi connectivity index (χ1n) is 10.8. The Hall–Kier alpha value is -3.71. The number of likely N-dealkylation sites (tertiary alicyclic amines) is 1. The number of nitrogens with two attached hydrogens (primary N) is 1. The van der Waals surface area contributed by atoms with E-state index < -0.39 is 41.9 Å². The molecule has 0 bridgehead atoms. The van der Waals surface area contributed by atoms with Gasteiger partial charge in [0, 0.05) is 23.9 Å². The van der Waals surface area contributed by atoms with Crippen molar-refractivity contribution in [1.82, 2.24) is 14.9 Å². The van der Waals surface area contributed by atoms with Gasteiger partial charge in [-0.3, -0.25) is 4.79 Å². The van der Waals surface area contributed by atoms with Crippen LogP contribution in [0.2, 0.25) is 0 Å². The molecule has 0 spiro atoms. The van der Waals surface area contributed by atoms with Gasteiger partial charge in [-0.05, 0) is 31.2 Å². The van der Waals surface area contributed by atoms with Gasteiger partial charge in [0.2, 0.25) is 5.89 Å². The van der Waals surface area contributed by atoms with Crippen molar-refractivity contribution in [3.05, 3.63) is 41.4 Å². The van der Waals surface area contributed by atoms with Crippen LogP contribution >= 0.6 is 0 Å². The first kappa shape index (κ1) is 25.4. The highest BCUT2D eigenvalue weighted by Gasteiger charge is 2.42. The second kappa shape index (κ2) is 9.39. The first-order chi connectivity index (χ1) is 17.0. The minimum absolute atomic E-state index is 0.00356. The zero-order valence-corrected chi connectivity index (χ0v) is 19.5. The molecule has 3 N–H and O–H groups in total. The Morgan fingerprint density at radius 2 is 1.94 bits per heavy atom. The topological polar surface area (TPSA) is 141 Å². The molecule has 1 aliphatic rings. The molecule has 3 atom stereocenters. The molecule has 0 unspecified atom stereocenters. The number of aromatic nitrogens is 2. The fourth-order valence-electron chi connectivity index (χ4n) is 4.14. The number of carbonyl (C=O) groups excluding carboxylic acids is 2. The Morgan fingerprint density at radius 3 is 2.56 bits per heavy atom. The van der Waals surface area contributed by atoms with Gasteiger partial charge in [0.15, 0.2) is 11.5 Å². The summed E-state index contributed by atoms with van der Waals surface area (Å²) < 4.78 is 55.5. The lowest BCUT2D eigenvalue weighted by Gasteiger charge is -2.21. The maximum atomic E-state index is 13.4. The Balaban J connectivity index is 1.83. The Kier molecular flexibility index (Phi) is 6.62. The fourth-order valence-corrected chi connectivity index (χ4v) is 4.14. The van der Waals surface area contributed by atoms with Crippen LogP contribution in [0.15, 0.2) is 28.7 Å². The number of pyridine rings is 1. The quantitative estimate of drug-likeness (QED) is 0.498. The van der Waals surface area contributed by atoms with Crippen LogP contribution < -0.4 is 10.5 Å². The maximum Gasteiger partial charge on any atom is 0.433 e. The van der Waals surface area contributed by atoms with E-state index in [-0.39, 0.29) is 52.5 Å². The number of rotatable bonds is 5. The molecule has 1 amide bonds. The molecule has 13 heteroatoms. The number of aliphatic hydroxyl groups is 1.